The number of rotatable bonds is 1. The molecule has 0 N–H and O–H groups in total. The van der Waals surface area contributed by atoms with Gasteiger partial charge in [-0.2, -0.15) is 0 Å². The SMILES string of the molecule is CC(C)C1CCC[N-]C1.[Rf]. The summed E-state index contributed by atoms with van der Waals surface area (Å²) >= 11 is 0. The van der Waals surface area contributed by atoms with Crippen LogP contribution < -0.4 is 0 Å². The maximum absolute atomic E-state index is 4.38. The van der Waals surface area contributed by atoms with Crippen LogP contribution in [0.15, 0.2) is 0 Å². The van der Waals surface area contributed by atoms with Crippen LogP contribution in [0.3, 0.4) is 0 Å². The smallest absolute Gasteiger partial charge is 0 e. The minimum atomic E-state index is 0. The van der Waals surface area contributed by atoms with E-state index in [0.29, 0.717) is 0 Å². The van der Waals surface area contributed by atoms with Gasteiger partial charge in [0.25, 0.3) is 0 Å². The number of piperidine rings is 1. The zero-order valence-electron chi connectivity index (χ0n) is 7.14. The molecule has 0 aliphatic carbocycles. The molecule has 0 aromatic rings. The standard InChI is InChI=1S/C8H16N.Rf/c1-7(2)8-4-3-5-9-6-8;/h7-8H,3-6H2,1-2H3;/q-1;. The topological polar surface area (TPSA) is 14.1 Å². The van der Waals surface area contributed by atoms with Gasteiger partial charge in [-0.1, -0.05) is 32.6 Å². The Morgan fingerprint density at radius 2 is 2.10 bits per heavy atom. The molecule has 1 aliphatic heterocycles. The largest absolute Gasteiger partial charge is 0.662 e. The Morgan fingerprint density at radius 3 is 2.40 bits per heavy atom. The van der Waals surface area contributed by atoms with Crippen molar-refractivity contribution in [3.05, 3.63) is 5.32 Å². The molecule has 56 valence electrons. The van der Waals surface area contributed by atoms with Crippen molar-refractivity contribution in [3.63, 3.8) is 0 Å². The summed E-state index contributed by atoms with van der Waals surface area (Å²) in [7, 11) is 0. The minimum absolute atomic E-state index is 0. The van der Waals surface area contributed by atoms with Crippen LogP contribution in [0.25, 0.3) is 5.32 Å². The van der Waals surface area contributed by atoms with Crippen molar-refractivity contribution in [2.75, 3.05) is 13.1 Å². The van der Waals surface area contributed by atoms with Crippen LogP contribution in [0.1, 0.15) is 26.7 Å². The molecule has 1 atom stereocenters. The van der Waals surface area contributed by atoms with E-state index in [1.807, 2.05) is 0 Å². The Bertz CT molecular complexity index is 77.3. The Morgan fingerprint density at radius 1 is 1.40 bits per heavy atom. The number of hydrogen-bond donors (Lipinski definition) is 0. The predicted molar refractivity (Wildman–Crippen MR) is 40.7 cm³/mol. The zero-order valence-corrected chi connectivity index (χ0v) is 13.5. The van der Waals surface area contributed by atoms with E-state index >= 15 is 0 Å². The van der Waals surface area contributed by atoms with E-state index in [4.69, 9.17) is 0 Å². The molecular formula is C8H16NRf-. The Balaban J connectivity index is 0.000000810. The van der Waals surface area contributed by atoms with E-state index in [1.54, 1.807) is 0 Å². The molecule has 1 fully saturated rings. The average Bonchev–Trinajstić information content (AvgIpc) is 1.90. The van der Waals surface area contributed by atoms with Crippen LogP contribution >= 0.6 is 0 Å². The summed E-state index contributed by atoms with van der Waals surface area (Å²) in [4.78, 5) is 0. The number of nitrogens with zero attached hydrogens (tertiary/aromatic N) is 1. The second-order valence-electron chi connectivity index (χ2n) is 3.28. The maximum Gasteiger partial charge on any atom is 0 e. The van der Waals surface area contributed by atoms with Gasteiger partial charge in [0.05, 0.1) is 0 Å². The molecule has 0 amide bonds. The monoisotopic (exact) mass is 393 g/mol. The molecule has 2 heteroatoms. The summed E-state index contributed by atoms with van der Waals surface area (Å²) in [5, 5.41) is 4.38. The van der Waals surface area contributed by atoms with E-state index in [1.165, 1.54) is 12.8 Å². The summed E-state index contributed by atoms with van der Waals surface area (Å²) in [6, 6.07) is 0. The van der Waals surface area contributed by atoms with Crippen molar-refractivity contribution in [1.29, 1.82) is 0 Å². The van der Waals surface area contributed by atoms with Crippen LogP contribution in [0.5, 0.6) is 0 Å². The molecule has 1 saturated heterocycles. The third-order valence-electron chi connectivity index (χ3n) is 2.20. The molecule has 0 saturated carbocycles. The Labute approximate surface area is 57.8 Å². The molecular weight excluding hydrogens is 377 g/mol. The summed E-state index contributed by atoms with van der Waals surface area (Å²) in [6.45, 7) is 6.83. The molecule has 1 aliphatic rings. The van der Waals surface area contributed by atoms with E-state index in [2.05, 4.69) is 19.2 Å². The third-order valence-corrected chi connectivity index (χ3v) is 2.20. The molecule has 0 radical (unpaired) electrons. The van der Waals surface area contributed by atoms with E-state index in [9.17, 15) is 0 Å². The van der Waals surface area contributed by atoms with Crippen LogP contribution in [-0.4, -0.2) is 13.1 Å². The van der Waals surface area contributed by atoms with Gasteiger partial charge in [0.15, 0.2) is 0 Å². The minimum Gasteiger partial charge on any atom is -0.662 e. The fraction of sp³-hybridized carbons (Fsp3) is 1.00. The van der Waals surface area contributed by atoms with E-state index in [-0.39, 0.29) is 0 Å². The van der Waals surface area contributed by atoms with Gasteiger partial charge in [-0.25, -0.2) is 0 Å². The first-order chi connectivity index (χ1) is 4.30. The van der Waals surface area contributed by atoms with Gasteiger partial charge in [-0.05, 0) is 5.92 Å². The molecule has 0 aromatic heterocycles. The van der Waals surface area contributed by atoms with Crippen molar-refractivity contribution >= 4 is 0 Å². The van der Waals surface area contributed by atoms with Crippen molar-refractivity contribution in [1.82, 2.24) is 0 Å². The van der Waals surface area contributed by atoms with Gasteiger partial charge in [0.2, 0.25) is 0 Å². The Hall–Kier alpha value is -1.04. The molecule has 1 unspecified atom stereocenters. The molecule has 0 bridgehead atoms. The zero-order chi connectivity index (χ0) is 6.69. The first-order valence-electron chi connectivity index (χ1n) is 3.94. The van der Waals surface area contributed by atoms with Crippen molar-refractivity contribution in [2.45, 2.75) is 26.7 Å². The van der Waals surface area contributed by atoms with Crippen molar-refractivity contribution in [2.24, 2.45) is 11.8 Å². The first-order valence-corrected chi connectivity index (χ1v) is 3.94. The van der Waals surface area contributed by atoms with Crippen LogP contribution in [0.2, 0.25) is 0 Å². The molecule has 0 spiro atoms. The molecule has 1 nitrogen and oxygen atoms in total. The maximum atomic E-state index is 4.38. The second-order valence-corrected chi connectivity index (χ2v) is 3.28. The van der Waals surface area contributed by atoms with Crippen LogP contribution in [0, 0.1) is 11.8 Å². The fourth-order valence-corrected chi connectivity index (χ4v) is 1.36. The average molecular weight is 393 g/mol. The molecule has 1 heterocycles. The Kier molecular flexibility index (Phi) is 3.48. The quantitative estimate of drug-likeness (QED) is 0.650. The van der Waals surface area contributed by atoms with Gasteiger partial charge < -0.3 is 5.32 Å². The summed E-state index contributed by atoms with van der Waals surface area (Å²) in [6.07, 6.45) is 2.73. The first kappa shape index (κ1) is 8.96. The molecule has 10 heavy (non-hydrogen) atoms. The normalized spacial score (nSPS) is 26.1. The van der Waals surface area contributed by atoms with E-state index < -0.39 is 0 Å². The predicted octanol–water partition coefficient (Wildman–Crippen LogP) is 2.43. The summed E-state index contributed by atoms with van der Waals surface area (Å²) < 4.78 is 0. The van der Waals surface area contributed by atoms with E-state index in [0.717, 1.165) is 24.9 Å². The van der Waals surface area contributed by atoms with Gasteiger partial charge in [0.1, 0.15) is 0 Å². The van der Waals surface area contributed by atoms with Crippen molar-refractivity contribution < 1.29 is 0 Å². The fourth-order valence-electron chi connectivity index (χ4n) is 1.36. The van der Waals surface area contributed by atoms with Crippen molar-refractivity contribution in [3.8, 4) is 0 Å². The molecule has 1 rings (SSSR count). The van der Waals surface area contributed by atoms with Gasteiger partial charge in [0, 0.05) is 0 Å². The summed E-state index contributed by atoms with van der Waals surface area (Å²) in [5.41, 5.74) is 0. The number of hydrogen-bond acceptors (Lipinski definition) is 0. The van der Waals surface area contributed by atoms with Crippen LogP contribution in [0.4, 0.5) is 0 Å². The van der Waals surface area contributed by atoms with Gasteiger partial charge >= 0.3 is 0 Å². The second kappa shape index (κ2) is 3.89. The molecule has 0 aromatic carbocycles. The van der Waals surface area contributed by atoms with Gasteiger partial charge in [-0.3, -0.25) is 0 Å². The third kappa shape index (κ3) is 2.06. The van der Waals surface area contributed by atoms with Gasteiger partial charge in [-0.15, -0.1) is 13.1 Å². The van der Waals surface area contributed by atoms with Crippen LogP contribution in [-0.2, 0) is 0 Å². The summed E-state index contributed by atoms with van der Waals surface area (Å²) in [5.74, 6) is 1.73.